The summed E-state index contributed by atoms with van der Waals surface area (Å²) in [5, 5.41) is 1.45. The predicted octanol–water partition coefficient (Wildman–Crippen LogP) is 3.22. The van der Waals surface area contributed by atoms with Crippen molar-refractivity contribution in [2.24, 2.45) is 0 Å². The van der Waals surface area contributed by atoms with Crippen molar-refractivity contribution in [3.05, 3.63) is 35.8 Å². The minimum absolute atomic E-state index is 0.443. The molecule has 0 saturated heterocycles. The second-order valence-corrected chi connectivity index (χ2v) is 3.48. The number of hydrogen-bond donors (Lipinski definition) is 1. The summed E-state index contributed by atoms with van der Waals surface area (Å²) in [5.74, 6) is 0.535. The van der Waals surface area contributed by atoms with Gasteiger partial charge in [0, 0.05) is 11.6 Å². The molecule has 0 bridgehead atoms. The van der Waals surface area contributed by atoms with Crippen LogP contribution < -0.4 is 0 Å². The Labute approximate surface area is 92.7 Å². The van der Waals surface area contributed by atoms with Crippen molar-refractivity contribution in [3.8, 4) is 0 Å². The monoisotopic (exact) mass is 222 g/mol. The van der Waals surface area contributed by atoms with E-state index in [9.17, 15) is 0 Å². The first kappa shape index (κ1) is 10.1. The maximum Gasteiger partial charge on any atom is 0.139 e. The van der Waals surface area contributed by atoms with E-state index in [-0.39, 0.29) is 0 Å². The zero-order valence-corrected chi connectivity index (χ0v) is 9.14. The molecule has 15 heavy (non-hydrogen) atoms. The van der Waals surface area contributed by atoms with Crippen molar-refractivity contribution in [2.75, 3.05) is 6.61 Å². The molecule has 2 aromatic rings. The number of pyridine rings is 1. The van der Waals surface area contributed by atoms with Crippen LogP contribution in [0.3, 0.4) is 0 Å². The largest absolute Gasteiger partial charge is 0.492 e. The van der Waals surface area contributed by atoms with E-state index in [1.807, 2.05) is 19.2 Å². The van der Waals surface area contributed by atoms with Crippen LogP contribution in [0.4, 0.5) is 0 Å². The van der Waals surface area contributed by atoms with Gasteiger partial charge in [0.05, 0.1) is 12.1 Å². The van der Waals surface area contributed by atoms with E-state index in [0.717, 1.165) is 10.9 Å². The van der Waals surface area contributed by atoms with Crippen LogP contribution in [0.25, 0.3) is 16.7 Å². The average molecular weight is 223 g/mol. The van der Waals surface area contributed by atoms with Crippen LogP contribution in [0.2, 0.25) is 5.15 Å². The normalized spacial score (nSPS) is 10.5. The highest BCUT2D eigenvalue weighted by atomic mass is 35.5. The highest BCUT2D eigenvalue weighted by molar-refractivity contribution is 6.30. The van der Waals surface area contributed by atoms with E-state index in [2.05, 4.69) is 16.5 Å². The summed E-state index contributed by atoms with van der Waals surface area (Å²) >= 11 is 5.90. The van der Waals surface area contributed by atoms with Crippen molar-refractivity contribution in [1.82, 2.24) is 9.97 Å². The third kappa shape index (κ3) is 1.83. The maximum absolute atomic E-state index is 5.90. The predicted molar refractivity (Wildman–Crippen MR) is 61.8 cm³/mol. The topological polar surface area (TPSA) is 37.9 Å². The van der Waals surface area contributed by atoms with Gasteiger partial charge in [0.1, 0.15) is 16.6 Å². The van der Waals surface area contributed by atoms with Crippen molar-refractivity contribution < 1.29 is 4.74 Å². The Morgan fingerprint density at radius 2 is 2.47 bits per heavy atom. The van der Waals surface area contributed by atoms with Gasteiger partial charge in [0.15, 0.2) is 0 Å². The summed E-state index contributed by atoms with van der Waals surface area (Å²) in [6.07, 6.45) is 1.84. The first-order valence-electron chi connectivity index (χ1n) is 4.68. The molecule has 0 saturated carbocycles. The molecular weight excluding hydrogens is 212 g/mol. The Kier molecular flexibility index (Phi) is 2.64. The van der Waals surface area contributed by atoms with E-state index in [0.29, 0.717) is 23.2 Å². The quantitative estimate of drug-likeness (QED) is 0.640. The minimum Gasteiger partial charge on any atom is -0.492 e. The van der Waals surface area contributed by atoms with Crippen LogP contribution in [-0.2, 0) is 4.74 Å². The van der Waals surface area contributed by atoms with Crippen LogP contribution in [0.5, 0.6) is 0 Å². The molecule has 78 valence electrons. The molecule has 1 N–H and O–H groups in total. The van der Waals surface area contributed by atoms with Crippen molar-refractivity contribution in [3.63, 3.8) is 0 Å². The van der Waals surface area contributed by atoms with E-state index < -0.39 is 0 Å². The zero-order valence-electron chi connectivity index (χ0n) is 8.38. The number of H-pyrrole nitrogens is 1. The summed E-state index contributed by atoms with van der Waals surface area (Å²) in [6, 6.07) is 3.74. The first-order chi connectivity index (χ1) is 7.22. The Morgan fingerprint density at radius 3 is 3.20 bits per heavy atom. The highest BCUT2D eigenvalue weighted by Gasteiger charge is 2.09. The van der Waals surface area contributed by atoms with Gasteiger partial charge in [-0.2, -0.15) is 0 Å². The standard InChI is InChI=1S/C11H11ClN2O/c1-3-15-7(2)10-11-8(4-5-13-11)6-9(12)14-10/h4-6,13H,2-3H2,1H3. The molecular formula is C11H11ClN2O. The fraction of sp³-hybridized carbons (Fsp3) is 0.182. The first-order valence-corrected chi connectivity index (χ1v) is 5.06. The lowest BCUT2D eigenvalue weighted by molar-refractivity contribution is 0.298. The Morgan fingerprint density at radius 1 is 1.67 bits per heavy atom. The summed E-state index contributed by atoms with van der Waals surface area (Å²) < 4.78 is 5.32. The highest BCUT2D eigenvalue weighted by Crippen LogP contribution is 2.24. The molecule has 0 radical (unpaired) electrons. The number of aromatic amines is 1. The molecule has 2 aromatic heterocycles. The molecule has 0 amide bonds. The summed E-state index contributed by atoms with van der Waals surface area (Å²) in [4.78, 5) is 7.29. The minimum atomic E-state index is 0.443. The molecule has 0 aromatic carbocycles. The Balaban J connectivity index is 2.57. The van der Waals surface area contributed by atoms with Crippen LogP contribution >= 0.6 is 11.6 Å². The molecule has 0 atom stereocenters. The fourth-order valence-electron chi connectivity index (χ4n) is 1.47. The number of ether oxygens (including phenoxy) is 1. The number of halogens is 1. The number of nitrogens with one attached hydrogen (secondary N) is 1. The molecule has 0 fully saturated rings. The van der Waals surface area contributed by atoms with Gasteiger partial charge in [0.25, 0.3) is 0 Å². The number of nitrogens with zero attached hydrogens (tertiary/aromatic N) is 1. The smallest absolute Gasteiger partial charge is 0.139 e. The molecule has 4 heteroatoms. The molecule has 0 aliphatic carbocycles. The van der Waals surface area contributed by atoms with Gasteiger partial charge in [-0.1, -0.05) is 18.2 Å². The van der Waals surface area contributed by atoms with Crippen LogP contribution in [0.15, 0.2) is 24.9 Å². The summed E-state index contributed by atoms with van der Waals surface area (Å²) in [5.41, 5.74) is 1.57. The number of aromatic nitrogens is 2. The SMILES string of the molecule is C=C(OCC)c1nc(Cl)cc2cc[nH]c12. The van der Waals surface area contributed by atoms with E-state index in [1.165, 1.54) is 0 Å². The number of rotatable bonds is 3. The second-order valence-electron chi connectivity index (χ2n) is 3.09. The lowest BCUT2D eigenvalue weighted by atomic mass is 10.2. The zero-order chi connectivity index (χ0) is 10.8. The molecule has 2 rings (SSSR count). The molecule has 2 heterocycles. The second kappa shape index (κ2) is 3.95. The van der Waals surface area contributed by atoms with E-state index >= 15 is 0 Å². The lowest BCUT2D eigenvalue weighted by Crippen LogP contribution is -1.95. The van der Waals surface area contributed by atoms with Crippen LogP contribution in [-0.4, -0.2) is 16.6 Å². The van der Waals surface area contributed by atoms with Gasteiger partial charge in [-0.25, -0.2) is 4.98 Å². The third-order valence-corrected chi connectivity index (χ3v) is 2.29. The van der Waals surface area contributed by atoms with E-state index in [1.54, 1.807) is 6.07 Å². The van der Waals surface area contributed by atoms with Crippen LogP contribution in [0, 0.1) is 0 Å². The Hall–Kier alpha value is -1.48. The molecule has 3 nitrogen and oxygen atoms in total. The number of hydrogen-bond acceptors (Lipinski definition) is 2. The van der Waals surface area contributed by atoms with Gasteiger partial charge in [-0.15, -0.1) is 0 Å². The molecule has 0 aliphatic heterocycles. The third-order valence-electron chi connectivity index (χ3n) is 2.09. The van der Waals surface area contributed by atoms with Gasteiger partial charge in [0.2, 0.25) is 0 Å². The fourth-order valence-corrected chi connectivity index (χ4v) is 1.68. The average Bonchev–Trinajstić information content (AvgIpc) is 2.64. The van der Waals surface area contributed by atoms with Crippen molar-refractivity contribution in [2.45, 2.75) is 6.92 Å². The molecule has 0 aliphatic rings. The van der Waals surface area contributed by atoms with Gasteiger partial charge >= 0.3 is 0 Å². The Bertz CT molecular complexity index is 504. The van der Waals surface area contributed by atoms with Crippen molar-refractivity contribution >= 4 is 28.3 Å². The lowest BCUT2D eigenvalue weighted by Gasteiger charge is -2.07. The maximum atomic E-state index is 5.90. The summed E-state index contributed by atoms with van der Waals surface area (Å²) in [7, 11) is 0. The molecule has 0 spiro atoms. The number of fused-ring (bicyclic) bond motifs is 1. The summed E-state index contributed by atoms with van der Waals surface area (Å²) in [6.45, 7) is 6.29. The molecule has 0 unspecified atom stereocenters. The van der Waals surface area contributed by atoms with Crippen molar-refractivity contribution in [1.29, 1.82) is 0 Å². The van der Waals surface area contributed by atoms with Gasteiger partial charge < -0.3 is 9.72 Å². The van der Waals surface area contributed by atoms with Crippen LogP contribution in [0.1, 0.15) is 12.6 Å². The van der Waals surface area contributed by atoms with Gasteiger partial charge in [-0.3, -0.25) is 0 Å². The van der Waals surface area contributed by atoms with E-state index in [4.69, 9.17) is 16.3 Å². The van der Waals surface area contributed by atoms with Gasteiger partial charge in [-0.05, 0) is 19.1 Å².